The maximum absolute atomic E-state index is 12.7. The van der Waals surface area contributed by atoms with Gasteiger partial charge in [0, 0.05) is 16.7 Å². The molecule has 0 fully saturated rings. The molecule has 0 radical (unpaired) electrons. The van der Waals surface area contributed by atoms with Crippen LogP contribution in [-0.4, -0.2) is 21.8 Å². The molecule has 2 aromatic heterocycles. The number of hydrogen-bond donors (Lipinski definition) is 0. The molecule has 27 heavy (non-hydrogen) atoms. The predicted molar refractivity (Wildman–Crippen MR) is 104 cm³/mol. The van der Waals surface area contributed by atoms with Crippen molar-refractivity contribution in [3.63, 3.8) is 0 Å². The molecule has 0 N–H and O–H groups in total. The molecule has 2 aromatic carbocycles. The first kappa shape index (κ1) is 17.6. The lowest BCUT2D eigenvalue weighted by atomic mass is 10.1. The fourth-order valence-electron chi connectivity index (χ4n) is 2.76. The molecule has 0 atom stereocenters. The van der Waals surface area contributed by atoms with Crippen molar-refractivity contribution in [3.05, 3.63) is 75.0 Å². The zero-order chi connectivity index (χ0) is 19.0. The van der Waals surface area contributed by atoms with E-state index < -0.39 is 0 Å². The van der Waals surface area contributed by atoms with Crippen LogP contribution in [0.4, 0.5) is 0 Å². The number of nitrogens with zero attached hydrogens (tertiary/aromatic N) is 3. The lowest BCUT2D eigenvalue weighted by Crippen LogP contribution is -2.21. The van der Waals surface area contributed by atoms with Gasteiger partial charge in [0.05, 0.1) is 35.9 Å². The van der Waals surface area contributed by atoms with Gasteiger partial charge in [0.15, 0.2) is 5.76 Å². The molecule has 0 spiro atoms. The van der Waals surface area contributed by atoms with Crippen LogP contribution in [0.5, 0.6) is 5.75 Å². The van der Waals surface area contributed by atoms with Crippen LogP contribution >= 0.6 is 23.2 Å². The number of halogens is 2. The first-order valence-electron chi connectivity index (χ1n) is 7.99. The van der Waals surface area contributed by atoms with Crippen molar-refractivity contribution >= 4 is 34.1 Å². The van der Waals surface area contributed by atoms with E-state index in [1.807, 2.05) is 24.3 Å². The average Bonchev–Trinajstić information content (AvgIpc) is 3.13. The van der Waals surface area contributed by atoms with Gasteiger partial charge in [0.25, 0.3) is 5.56 Å². The molecule has 0 aliphatic carbocycles. The van der Waals surface area contributed by atoms with E-state index in [4.69, 9.17) is 32.5 Å². The van der Waals surface area contributed by atoms with E-state index in [9.17, 15) is 4.79 Å². The average molecular weight is 402 g/mol. The van der Waals surface area contributed by atoms with Crippen molar-refractivity contribution in [1.29, 1.82) is 0 Å². The van der Waals surface area contributed by atoms with Crippen molar-refractivity contribution in [2.24, 2.45) is 0 Å². The largest absolute Gasteiger partial charge is 0.497 e. The zero-order valence-corrected chi connectivity index (χ0v) is 15.7. The molecule has 8 heteroatoms. The first-order valence-corrected chi connectivity index (χ1v) is 8.75. The number of ether oxygens (including phenoxy) is 1. The lowest BCUT2D eigenvalue weighted by Gasteiger charge is -2.05. The van der Waals surface area contributed by atoms with E-state index in [1.165, 1.54) is 10.9 Å². The Morgan fingerprint density at radius 2 is 1.93 bits per heavy atom. The Balaban J connectivity index is 1.66. The highest BCUT2D eigenvalue weighted by Crippen LogP contribution is 2.25. The van der Waals surface area contributed by atoms with Gasteiger partial charge >= 0.3 is 0 Å². The van der Waals surface area contributed by atoms with E-state index in [2.05, 4.69) is 10.1 Å². The molecule has 136 valence electrons. The Labute approximate surface area is 163 Å². The van der Waals surface area contributed by atoms with Crippen molar-refractivity contribution in [2.45, 2.75) is 6.54 Å². The summed E-state index contributed by atoms with van der Waals surface area (Å²) in [6.45, 7) is 0.190. The highest BCUT2D eigenvalue weighted by Gasteiger charge is 2.12. The van der Waals surface area contributed by atoms with Crippen LogP contribution in [0, 0.1) is 0 Å². The molecule has 0 amide bonds. The highest BCUT2D eigenvalue weighted by atomic mass is 35.5. The summed E-state index contributed by atoms with van der Waals surface area (Å²) in [5.74, 6) is 1.28. The Bertz CT molecular complexity index is 1180. The maximum atomic E-state index is 12.7. The minimum atomic E-state index is -0.258. The quantitative estimate of drug-likeness (QED) is 0.506. The predicted octanol–water partition coefficient (Wildman–Crippen LogP) is 4.42. The second kappa shape index (κ2) is 7.06. The van der Waals surface area contributed by atoms with E-state index in [0.717, 1.165) is 11.3 Å². The van der Waals surface area contributed by atoms with Crippen LogP contribution in [-0.2, 0) is 6.54 Å². The molecule has 4 aromatic rings. The van der Waals surface area contributed by atoms with Crippen LogP contribution in [0.3, 0.4) is 0 Å². The highest BCUT2D eigenvalue weighted by molar-refractivity contribution is 6.38. The van der Waals surface area contributed by atoms with E-state index >= 15 is 0 Å². The smallest absolute Gasteiger partial charge is 0.261 e. The molecule has 2 heterocycles. The van der Waals surface area contributed by atoms with Gasteiger partial charge in [-0.05, 0) is 36.4 Å². The van der Waals surface area contributed by atoms with Crippen molar-refractivity contribution in [3.8, 4) is 17.0 Å². The number of fused-ring (bicyclic) bond motifs is 1. The monoisotopic (exact) mass is 401 g/mol. The van der Waals surface area contributed by atoms with Gasteiger partial charge in [-0.25, -0.2) is 4.98 Å². The van der Waals surface area contributed by atoms with Crippen LogP contribution in [0.25, 0.3) is 22.2 Å². The van der Waals surface area contributed by atoms with Crippen molar-refractivity contribution in [2.75, 3.05) is 7.11 Å². The Kier molecular flexibility index (Phi) is 4.59. The second-order valence-electron chi connectivity index (χ2n) is 5.87. The van der Waals surface area contributed by atoms with Gasteiger partial charge in [-0.2, -0.15) is 0 Å². The Morgan fingerprint density at radius 3 is 2.67 bits per heavy atom. The number of methoxy groups -OCH3 is 1. The third-order valence-electron chi connectivity index (χ3n) is 4.12. The Morgan fingerprint density at radius 1 is 1.15 bits per heavy atom. The Hall–Kier alpha value is -2.83. The second-order valence-corrected chi connectivity index (χ2v) is 6.71. The minimum absolute atomic E-state index is 0.190. The third-order valence-corrected chi connectivity index (χ3v) is 4.62. The summed E-state index contributed by atoms with van der Waals surface area (Å²) in [5.41, 5.74) is 1.71. The summed E-state index contributed by atoms with van der Waals surface area (Å²) < 4.78 is 11.9. The molecular weight excluding hydrogens is 389 g/mol. The molecule has 6 nitrogen and oxygen atoms in total. The molecule has 0 bridgehead atoms. The third kappa shape index (κ3) is 3.41. The molecule has 0 aliphatic heterocycles. The molecule has 4 rings (SSSR count). The zero-order valence-electron chi connectivity index (χ0n) is 14.1. The van der Waals surface area contributed by atoms with Crippen LogP contribution in [0.2, 0.25) is 10.0 Å². The molecule has 0 unspecified atom stereocenters. The minimum Gasteiger partial charge on any atom is -0.497 e. The lowest BCUT2D eigenvalue weighted by molar-refractivity contribution is 0.376. The van der Waals surface area contributed by atoms with Gasteiger partial charge in [-0.15, -0.1) is 0 Å². The van der Waals surface area contributed by atoms with Gasteiger partial charge in [-0.1, -0.05) is 28.4 Å². The number of benzene rings is 2. The summed E-state index contributed by atoms with van der Waals surface area (Å²) in [4.78, 5) is 17.0. The topological polar surface area (TPSA) is 70.2 Å². The summed E-state index contributed by atoms with van der Waals surface area (Å²) in [5, 5.41) is 5.13. The van der Waals surface area contributed by atoms with Crippen molar-refractivity contribution < 1.29 is 9.26 Å². The van der Waals surface area contributed by atoms with Gasteiger partial charge in [0.2, 0.25) is 0 Å². The fourth-order valence-corrected chi connectivity index (χ4v) is 3.30. The summed E-state index contributed by atoms with van der Waals surface area (Å²) in [6, 6.07) is 12.3. The molecular formula is C19H13Cl2N3O3. The van der Waals surface area contributed by atoms with Crippen LogP contribution in [0.15, 0.2) is 58.1 Å². The molecule has 0 saturated carbocycles. The molecule has 0 saturated heterocycles. The number of rotatable bonds is 4. The number of hydrogen-bond acceptors (Lipinski definition) is 5. The van der Waals surface area contributed by atoms with E-state index in [-0.39, 0.29) is 12.1 Å². The van der Waals surface area contributed by atoms with Crippen molar-refractivity contribution in [1.82, 2.24) is 14.7 Å². The van der Waals surface area contributed by atoms with Crippen LogP contribution < -0.4 is 10.3 Å². The van der Waals surface area contributed by atoms with Gasteiger partial charge in [-0.3, -0.25) is 9.36 Å². The number of aromatic nitrogens is 3. The van der Waals surface area contributed by atoms with Gasteiger partial charge < -0.3 is 9.26 Å². The van der Waals surface area contributed by atoms with Gasteiger partial charge in [0.1, 0.15) is 11.4 Å². The standard InChI is InChI=1S/C19H13Cl2N3O3/c1-26-13-4-2-11(3-5-13)17-8-14(27-23-17)9-24-10-22-18-15(19(24)25)6-12(20)7-16(18)21/h2-8,10H,9H2,1H3. The van der Waals surface area contributed by atoms with E-state index in [0.29, 0.717) is 32.4 Å². The van der Waals surface area contributed by atoms with Crippen LogP contribution in [0.1, 0.15) is 5.76 Å². The summed E-state index contributed by atoms with van der Waals surface area (Å²) in [6.07, 6.45) is 1.43. The maximum Gasteiger partial charge on any atom is 0.261 e. The van der Waals surface area contributed by atoms with E-state index in [1.54, 1.807) is 25.3 Å². The summed E-state index contributed by atoms with van der Waals surface area (Å²) >= 11 is 12.1. The fraction of sp³-hybridized carbons (Fsp3) is 0.105. The normalized spacial score (nSPS) is 11.1. The first-order chi connectivity index (χ1) is 13.0. The summed E-state index contributed by atoms with van der Waals surface area (Å²) in [7, 11) is 1.61. The SMILES string of the molecule is COc1ccc(-c2cc(Cn3cnc4c(Cl)cc(Cl)cc4c3=O)on2)cc1. The molecule has 0 aliphatic rings.